The minimum absolute atomic E-state index is 0.696. The quantitative estimate of drug-likeness (QED) is 0.874. The summed E-state index contributed by atoms with van der Waals surface area (Å²) in [5.41, 5.74) is 1.26. The Bertz CT molecular complexity index is 431. The second-order valence-electron chi connectivity index (χ2n) is 4.78. The van der Waals surface area contributed by atoms with Gasteiger partial charge in [0.1, 0.15) is 5.75 Å². The van der Waals surface area contributed by atoms with E-state index in [1.165, 1.54) is 0 Å². The van der Waals surface area contributed by atoms with Crippen molar-refractivity contribution in [3.05, 3.63) is 29.3 Å². The summed E-state index contributed by atoms with van der Waals surface area (Å²) in [6.07, 6.45) is 3.44. The lowest BCUT2D eigenvalue weighted by Crippen LogP contribution is -2.33. The van der Waals surface area contributed by atoms with Crippen molar-refractivity contribution < 1.29 is 14.6 Å². The van der Waals surface area contributed by atoms with E-state index in [9.17, 15) is 9.90 Å². The molecule has 3 nitrogen and oxygen atoms in total. The van der Waals surface area contributed by atoms with Crippen LogP contribution in [0.4, 0.5) is 0 Å². The molecule has 0 atom stereocenters. The van der Waals surface area contributed by atoms with Crippen LogP contribution in [-0.2, 0) is 10.2 Å². The van der Waals surface area contributed by atoms with Crippen LogP contribution in [0.3, 0.4) is 0 Å². The summed E-state index contributed by atoms with van der Waals surface area (Å²) >= 11 is 0. The van der Waals surface area contributed by atoms with Crippen molar-refractivity contribution in [3.63, 3.8) is 0 Å². The lowest BCUT2D eigenvalue weighted by molar-refractivity contribution is -0.143. The summed E-state index contributed by atoms with van der Waals surface area (Å²) in [5, 5.41) is 9.56. The van der Waals surface area contributed by atoms with Crippen LogP contribution in [0.15, 0.2) is 18.2 Å². The van der Waals surface area contributed by atoms with Crippen LogP contribution in [0, 0.1) is 6.92 Å². The molecule has 0 amide bonds. The van der Waals surface area contributed by atoms with Gasteiger partial charge in [-0.1, -0.05) is 18.9 Å². The number of rotatable bonds is 3. The minimum Gasteiger partial charge on any atom is -0.497 e. The topological polar surface area (TPSA) is 46.5 Å². The molecule has 0 aromatic heterocycles. The fourth-order valence-electron chi connectivity index (χ4n) is 2.82. The van der Waals surface area contributed by atoms with Gasteiger partial charge in [0.05, 0.1) is 12.5 Å². The Morgan fingerprint density at radius 2 is 2.00 bits per heavy atom. The standard InChI is InChI=1S/C14H18O3/c1-10-5-6-11(17-2)9-12(10)14(13(15)16)7-3-4-8-14/h5-6,9H,3-4,7-8H2,1-2H3,(H,15,16). The molecule has 1 aliphatic carbocycles. The van der Waals surface area contributed by atoms with Gasteiger partial charge in [-0.25, -0.2) is 0 Å². The second kappa shape index (κ2) is 4.40. The first kappa shape index (κ1) is 12.0. The van der Waals surface area contributed by atoms with Gasteiger partial charge < -0.3 is 9.84 Å². The van der Waals surface area contributed by atoms with Gasteiger partial charge in [-0.05, 0) is 43.0 Å². The van der Waals surface area contributed by atoms with Gasteiger partial charge in [0.25, 0.3) is 0 Å². The summed E-state index contributed by atoms with van der Waals surface area (Å²) in [6, 6.07) is 5.70. The van der Waals surface area contributed by atoms with Crippen molar-refractivity contribution in [2.24, 2.45) is 0 Å². The summed E-state index contributed by atoms with van der Waals surface area (Å²) in [7, 11) is 1.61. The summed E-state index contributed by atoms with van der Waals surface area (Å²) in [6.45, 7) is 1.97. The Balaban J connectivity index is 2.53. The van der Waals surface area contributed by atoms with Crippen molar-refractivity contribution in [1.82, 2.24) is 0 Å². The first-order valence-electron chi connectivity index (χ1n) is 5.99. The third-order valence-corrected chi connectivity index (χ3v) is 3.83. The monoisotopic (exact) mass is 234 g/mol. The molecular formula is C14H18O3. The van der Waals surface area contributed by atoms with Crippen LogP contribution in [0.25, 0.3) is 0 Å². The maximum atomic E-state index is 11.6. The number of methoxy groups -OCH3 is 1. The maximum Gasteiger partial charge on any atom is 0.314 e. The van der Waals surface area contributed by atoms with Crippen LogP contribution < -0.4 is 4.74 Å². The molecule has 17 heavy (non-hydrogen) atoms. The highest BCUT2D eigenvalue weighted by molar-refractivity contribution is 5.82. The van der Waals surface area contributed by atoms with Gasteiger partial charge in [-0.15, -0.1) is 0 Å². The van der Waals surface area contributed by atoms with Crippen molar-refractivity contribution in [3.8, 4) is 5.75 Å². The SMILES string of the molecule is COc1ccc(C)c(C2(C(=O)O)CCCC2)c1. The van der Waals surface area contributed by atoms with Gasteiger partial charge in [0.15, 0.2) is 0 Å². The molecule has 0 aliphatic heterocycles. The lowest BCUT2D eigenvalue weighted by atomic mass is 9.77. The van der Waals surface area contributed by atoms with Crippen molar-refractivity contribution >= 4 is 5.97 Å². The number of aliphatic carboxylic acids is 1. The highest BCUT2D eigenvalue weighted by atomic mass is 16.5. The van der Waals surface area contributed by atoms with E-state index in [-0.39, 0.29) is 0 Å². The first-order chi connectivity index (χ1) is 8.10. The number of carbonyl (C=O) groups is 1. The number of ether oxygens (including phenoxy) is 1. The number of carboxylic acid groups (broad SMARTS) is 1. The second-order valence-corrected chi connectivity index (χ2v) is 4.78. The van der Waals surface area contributed by atoms with E-state index in [0.717, 1.165) is 42.6 Å². The predicted octanol–water partition coefficient (Wildman–Crippen LogP) is 2.90. The van der Waals surface area contributed by atoms with Crippen molar-refractivity contribution in [2.75, 3.05) is 7.11 Å². The molecule has 1 saturated carbocycles. The molecule has 1 fully saturated rings. The third-order valence-electron chi connectivity index (χ3n) is 3.83. The molecule has 0 radical (unpaired) electrons. The van der Waals surface area contributed by atoms with E-state index in [0.29, 0.717) is 0 Å². The molecule has 2 rings (SSSR count). The molecular weight excluding hydrogens is 216 g/mol. The average Bonchev–Trinajstić information content (AvgIpc) is 2.80. The zero-order valence-corrected chi connectivity index (χ0v) is 10.3. The molecule has 92 valence electrons. The first-order valence-corrected chi connectivity index (χ1v) is 5.99. The fraction of sp³-hybridized carbons (Fsp3) is 0.500. The predicted molar refractivity (Wildman–Crippen MR) is 65.5 cm³/mol. The molecule has 1 aromatic rings. The number of hydrogen-bond acceptors (Lipinski definition) is 2. The van der Waals surface area contributed by atoms with Crippen LogP contribution in [-0.4, -0.2) is 18.2 Å². The van der Waals surface area contributed by atoms with Crippen molar-refractivity contribution in [1.29, 1.82) is 0 Å². The smallest absolute Gasteiger partial charge is 0.314 e. The Labute approximate surface area is 101 Å². The molecule has 0 spiro atoms. The van der Waals surface area contributed by atoms with E-state index >= 15 is 0 Å². The number of hydrogen-bond donors (Lipinski definition) is 1. The van der Waals surface area contributed by atoms with E-state index in [2.05, 4.69) is 0 Å². The molecule has 1 aromatic carbocycles. The Hall–Kier alpha value is -1.51. The molecule has 0 saturated heterocycles. The van der Waals surface area contributed by atoms with Crippen molar-refractivity contribution in [2.45, 2.75) is 38.0 Å². The number of benzene rings is 1. The molecule has 0 unspecified atom stereocenters. The van der Waals surface area contributed by atoms with E-state index < -0.39 is 11.4 Å². The van der Waals surface area contributed by atoms with Gasteiger partial charge in [-0.3, -0.25) is 4.79 Å². The van der Waals surface area contributed by atoms with Crippen LogP contribution >= 0.6 is 0 Å². The normalized spacial score (nSPS) is 18.0. The van der Waals surface area contributed by atoms with Crippen LogP contribution in [0.5, 0.6) is 5.75 Å². The van der Waals surface area contributed by atoms with Crippen LogP contribution in [0.2, 0.25) is 0 Å². The summed E-state index contributed by atoms with van der Waals surface area (Å²) in [4.78, 5) is 11.6. The van der Waals surface area contributed by atoms with Gasteiger partial charge in [0.2, 0.25) is 0 Å². The zero-order valence-electron chi connectivity index (χ0n) is 10.3. The minimum atomic E-state index is -0.702. The van der Waals surface area contributed by atoms with E-state index in [1.54, 1.807) is 7.11 Å². The Morgan fingerprint density at radius 3 is 2.53 bits per heavy atom. The molecule has 0 heterocycles. The molecule has 1 aliphatic rings. The van der Waals surface area contributed by atoms with E-state index in [1.807, 2.05) is 25.1 Å². The summed E-state index contributed by atoms with van der Waals surface area (Å²) < 4.78 is 5.20. The lowest BCUT2D eigenvalue weighted by Gasteiger charge is -2.26. The Kier molecular flexibility index (Phi) is 3.09. The largest absolute Gasteiger partial charge is 0.497 e. The van der Waals surface area contributed by atoms with Gasteiger partial charge in [-0.2, -0.15) is 0 Å². The molecule has 3 heteroatoms. The number of carboxylic acids is 1. The van der Waals surface area contributed by atoms with Gasteiger partial charge >= 0.3 is 5.97 Å². The highest BCUT2D eigenvalue weighted by Gasteiger charge is 2.43. The zero-order chi connectivity index (χ0) is 12.5. The maximum absolute atomic E-state index is 11.6. The third kappa shape index (κ3) is 1.90. The molecule has 0 bridgehead atoms. The van der Waals surface area contributed by atoms with E-state index in [4.69, 9.17) is 4.74 Å². The fourth-order valence-corrected chi connectivity index (χ4v) is 2.82. The Morgan fingerprint density at radius 1 is 1.35 bits per heavy atom. The summed E-state index contributed by atoms with van der Waals surface area (Å²) in [5.74, 6) is 0.0319. The highest BCUT2D eigenvalue weighted by Crippen LogP contribution is 2.43. The van der Waals surface area contributed by atoms with Gasteiger partial charge in [0, 0.05) is 0 Å². The number of aryl methyl sites for hydroxylation is 1. The average molecular weight is 234 g/mol. The molecule has 1 N–H and O–H groups in total. The van der Waals surface area contributed by atoms with Crippen LogP contribution in [0.1, 0.15) is 36.8 Å².